The first-order valence-electron chi connectivity index (χ1n) is 13.9. The lowest BCUT2D eigenvalue weighted by molar-refractivity contribution is -0.142. The highest BCUT2D eigenvalue weighted by Gasteiger charge is 2.32. The highest BCUT2D eigenvalue weighted by molar-refractivity contribution is 5.94. The van der Waals surface area contributed by atoms with Gasteiger partial charge in [0.05, 0.1) is 6.04 Å². The molecule has 1 aromatic carbocycles. The standard InChI is InChI=1S/C28H43N7O6/c1-3-16(2)24(35-25(37)19(30)11-12-23(31)36)27(39)33-21(10-6-7-13-29)26(38)34-22(28(40)41)14-17-15-32-20-9-5-4-8-18(17)20/h4-5,8-9,15-16,19,21-22,24,32H,3,6-7,10-14,29-30H2,1-2H3,(H2,31,36)(H,33,39)(H,34,38)(H,35,37)(H,40,41). The van der Waals surface area contributed by atoms with E-state index < -0.39 is 53.8 Å². The Morgan fingerprint density at radius 1 is 0.951 bits per heavy atom. The number of nitrogens with two attached hydrogens (primary N) is 3. The molecule has 4 amide bonds. The van der Waals surface area contributed by atoms with Crippen LogP contribution in [0.25, 0.3) is 10.9 Å². The van der Waals surface area contributed by atoms with E-state index in [1.807, 2.05) is 31.2 Å². The molecule has 0 saturated carbocycles. The predicted octanol–water partition coefficient (Wildman–Crippen LogP) is 0.0173. The quantitative estimate of drug-likeness (QED) is 0.113. The first kappa shape index (κ1) is 33.2. The number of carboxylic acids is 1. The summed E-state index contributed by atoms with van der Waals surface area (Å²) >= 11 is 0. The van der Waals surface area contributed by atoms with Crippen molar-refractivity contribution < 1.29 is 29.1 Å². The fourth-order valence-electron chi connectivity index (χ4n) is 4.41. The van der Waals surface area contributed by atoms with Crippen molar-refractivity contribution in [3.05, 3.63) is 36.0 Å². The molecule has 0 aliphatic carbocycles. The second-order valence-corrected chi connectivity index (χ2v) is 10.3. The zero-order chi connectivity index (χ0) is 30.5. The van der Waals surface area contributed by atoms with Crippen LogP contribution in [0.15, 0.2) is 30.5 Å². The fraction of sp³-hybridized carbons (Fsp3) is 0.536. The van der Waals surface area contributed by atoms with Gasteiger partial charge in [0.25, 0.3) is 0 Å². The molecule has 0 saturated heterocycles. The summed E-state index contributed by atoms with van der Waals surface area (Å²) in [5.41, 5.74) is 18.2. The Labute approximate surface area is 239 Å². The van der Waals surface area contributed by atoms with Gasteiger partial charge in [0.2, 0.25) is 23.6 Å². The summed E-state index contributed by atoms with van der Waals surface area (Å²) in [6.45, 7) is 4.00. The molecule has 0 bridgehead atoms. The number of fused-ring (bicyclic) bond motifs is 1. The van der Waals surface area contributed by atoms with Crippen LogP contribution in [-0.2, 0) is 30.4 Å². The van der Waals surface area contributed by atoms with Gasteiger partial charge in [-0.2, -0.15) is 0 Å². The summed E-state index contributed by atoms with van der Waals surface area (Å²) < 4.78 is 0. The monoisotopic (exact) mass is 573 g/mol. The van der Waals surface area contributed by atoms with Crippen LogP contribution in [0, 0.1) is 5.92 Å². The number of aromatic nitrogens is 1. The van der Waals surface area contributed by atoms with Crippen molar-refractivity contribution in [2.24, 2.45) is 23.1 Å². The normalized spacial score (nSPS) is 14.8. The lowest BCUT2D eigenvalue weighted by Crippen LogP contribution is -2.58. The lowest BCUT2D eigenvalue weighted by Gasteiger charge is -2.28. The van der Waals surface area contributed by atoms with Crippen LogP contribution >= 0.6 is 0 Å². The molecule has 0 aliphatic heterocycles. The molecule has 0 spiro atoms. The molecule has 0 radical (unpaired) electrons. The summed E-state index contributed by atoms with van der Waals surface area (Å²) in [6.07, 6.45) is 3.53. The number of carboxylic acid groups (broad SMARTS) is 1. The Morgan fingerprint density at radius 2 is 1.63 bits per heavy atom. The number of para-hydroxylation sites is 1. The molecule has 1 aromatic heterocycles. The van der Waals surface area contributed by atoms with E-state index in [-0.39, 0.29) is 31.6 Å². The number of aromatic amines is 1. The third-order valence-corrected chi connectivity index (χ3v) is 7.13. The number of rotatable bonds is 18. The van der Waals surface area contributed by atoms with Gasteiger partial charge in [-0.1, -0.05) is 38.5 Å². The number of benzene rings is 1. The molecule has 41 heavy (non-hydrogen) atoms. The maximum absolute atomic E-state index is 13.4. The smallest absolute Gasteiger partial charge is 0.326 e. The van der Waals surface area contributed by atoms with Crippen LogP contribution in [0.5, 0.6) is 0 Å². The van der Waals surface area contributed by atoms with Crippen molar-refractivity contribution in [3.8, 4) is 0 Å². The zero-order valence-corrected chi connectivity index (χ0v) is 23.7. The van der Waals surface area contributed by atoms with Crippen LogP contribution < -0.4 is 33.2 Å². The van der Waals surface area contributed by atoms with Gasteiger partial charge in [-0.15, -0.1) is 0 Å². The average Bonchev–Trinajstić information content (AvgIpc) is 3.35. The first-order valence-corrected chi connectivity index (χ1v) is 13.9. The third kappa shape index (κ3) is 10.2. The number of carbonyl (C=O) groups excluding carboxylic acids is 4. The molecule has 11 N–H and O–H groups in total. The van der Waals surface area contributed by atoms with Gasteiger partial charge < -0.3 is 43.2 Å². The molecular formula is C28H43N7O6. The molecule has 0 aliphatic rings. The largest absolute Gasteiger partial charge is 0.480 e. The number of hydrogen-bond acceptors (Lipinski definition) is 7. The van der Waals surface area contributed by atoms with E-state index in [1.54, 1.807) is 13.1 Å². The van der Waals surface area contributed by atoms with Crippen molar-refractivity contribution in [1.29, 1.82) is 0 Å². The van der Waals surface area contributed by atoms with Crippen LogP contribution in [0.4, 0.5) is 0 Å². The minimum atomic E-state index is -1.25. The Hall–Kier alpha value is -3.97. The molecule has 13 heteroatoms. The summed E-state index contributed by atoms with van der Waals surface area (Å²) in [5, 5.41) is 18.6. The number of amides is 4. The van der Waals surface area contributed by atoms with E-state index >= 15 is 0 Å². The van der Waals surface area contributed by atoms with E-state index in [2.05, 4.69) is 20.9 Å². The van der Waals surface area contributed by atoms with Crippen LogP contribution in [-0.4, -0.2) is 70.4 Å². The third-order valence-electron chi connectivity index (χ3n) is 7.13. The number of carbonyl (C=O) groups is 5. The minimum Gasteiger partial charge on any atom is -0.480 e. The second kappa shape index (κ2) is 16.3. The van der Waals surface area contributed by atoms with E-state index in [1.165, 1.54) is 0 Å². The Balaban J connectivity index is 2.18. The molecule has 0 fully saturated rings. The van der Waals surface area contributed by atoms with Crippen molar-refractivity contribution in [2.45, 2.75) is 83.0 Å². The van der Waals surface area contributed by atoms with Gasteiger partial charge in [-0.05, 0) is 49.8 Å². The highest BCUT2D eigenvalue weighted by Crippen LogP contribution is 2.19. The van der Waals surface area contributed by atoms with Crippen molar-refractivity contribution in [3.63, 3.8) is 0 Å². The van der Waals surface area contributed by atoms with Gasteiger partial charge in [0.1, 0.15) is 18.1 Å². The van der Waals surface area contributed by atoms with Gasteiger partial charge in [-0.3, -0.25) is 19.2 Å². The van der Waals surface area contributed by atoms with E-state index in [9.17, 15) is 29.1 Å². The van der Waals surface area contributed by atoms with Crippen molar-refractivity contribution >= 4 is 40.5 Å². The molecule has 5 atom stereocenters. The van der Waals surface area contributed by atoms with E-state index in [0.717, 1.165) is 16.5 Å². The molecule has 2 rings (SSSR count). The van der Waals surface area contributed by atoms with E-state index in [4.69, 9.17) is 17.2 Å². The lowest BCUT2D eigenvalue weighted by atomic mass is 9.96. The molecule has 13 nitrogen and oxygen atoms in total. The van der Waals surface area contributed by atoms with Gasteiger partial charge in [0, 0.05) is 29.9 Å². The summed E-state index contributed by atoms with van der Waals surface area (Å²) in [4.78, 5) is 65.6. The number of nitrogens with one attached hydrogen (secondary N) is 4. The number of primary amides is 1. The minimum absolute atomic E-state index is 0.0210. The maximum atomic E-state index is 13.4. The Kier molecular flexibility index (Phi) is 13.2. The van der Waals surface area contributed by atoms with Crippen LogP contribution in [0.2, 0.25) is 0 Å². The number of unbranched alkanes of at least 4 members (excludes halogenated alkanes) is 1. The average molecular weight is 574 g/mol. The molecule has 1 heterocycles. The van der Waals surface area contributed by atoms with E-state index in [0.29, 0.717) is 25.8 Å². The number of aliphatic carboxylic acids is 1. The van der Waals surface area contributed by atoms with Crippen LogP contribution in [0.1, 0.15) is 57.9 Å². The van der Waals surface area contributed by atoms with Gasteiger partial charge >= 0.3 is 5.97 Å². The summed E-state index contributed by atoms with van der Waals surface area (Å²) in [6, 6.07) is 3.06. The zero-order valence-electron chi connectivity index (χ0n) is 23.7. The number of H-pyrrole nitrogens is 1. The highest BCUT2D eigenvalue weighted by atomic mass is 16.4. The van der Waals surface area contributed by atoms with Gasteiger partial charge in [-0.25, -0.2) is 4.79 Å². The number of hydrogen-bond donors (Lipinski definition) is 8. The Morgan fingerprint density at radius 3 is 2.27 bits per heavy atom. The second-order valence-electron chi connectivity index (χ2n) is 10.3. The topological polar surface area (TPSA) is 236 Å². The summed E-state index contributed by atoms with van der Waals surface area (Å²) in [7, 11) is 0. The predicted molar refractivity (Wildman–Crippen MR) is 154 cm³/mol. The summed E-state index contributed by atoms with van der Waals surface area (Å²) in [5.74, 6) is -4.02. The maximum Gasteiger partial charge on any atom is 0.326 e. The molecule has 2 aromatic rings. The van der Waals surface area contributed by atoms with Crippen LogP contribution in [0.3, 0.4) is 0 Å². The molecule has 226 valence electrons. The van der Waals surface area contributed by atoms with Crippen molar-refractivity contribution in [2.75, 3.05) is 6.54 Å². The SMILES string of the molecule is CCC(C)C(NC(=O)C(N)CCC(N)=O)C(=O)NC(CCCCN)C(=O)NC(Cc1c[nH]c2ccccc12)C(=O)O. The van der Waals surface area contributed by atoms with Gasteiger partial charge in [0.15, 0.2) is 0 Å². The molecular weight excluding hydrogens is 530 g/mol. The molecule has 5 unspecified atom stereocenters. The van der Waals surface area contributed by atoms with Crippen molar-refractivity contribution in [1.82, 2.24) is 20.9 Å². The Bertz CT molecular complexity index is 1200. The fourth-order valence-corrected chi connectivity index (χ4v) is 4.41. The first-order chi connectivity index (χ1) is 19.5.